The lowest BCUT2D eigenvalue weighted by Gasteiger charge is -2.10. The Labute approximate surface area is 150 Å². The summed E-state index contributed by atoms with van der Waals surface area (Å²) in [7, 11) is 0. The number of rotatable bonds is 7. The van der Waals surface area contributed by atoms with Gasteiger partial charge in [-0.05, 0) is 30.7 Å². The number of aromatic hydroxyl groups is 1. The first kappa shape index (κ1) is 18.7. The van der Waals surface area contributed by atoms with Crippen LogP contribution in [0.2, 0.25) is 0 Å². The lowest BCUT2D eigenvalue weighted by molar-refractivity contribution is 0.104. The Morgan fingerprint density at radius 2 is 2.19 bits per heavy atom. The number of allylic oxidation sites excluding steroid dienone is 2. The second-order valence-corrected chi connectivity index (χ2v) is 5.47. The fourth-order valence-corrected chi connectivity index (χ4v) is 2.42. The van der Waals surface area contributed by atoms with E-state index in [1.54, 1.807) is 37.3 Å². The molecule has 0 aliphatic heterocycles. The van der Waals surface area contributed by atoms with E-state index in [0.29, 0.717) is 17.0 Å². The van der Waals surface area contributed by atoms with Crippen molar-refractivity contribution in [3.63, 3.8) is 0 Å². The van der Waals surface area contributed by atoms with Crippen LogP contribution in [0.3, 0.4) is 0 Å². The highest BCUT2D eigenvalue weighted by molar-refractivity contribution is 6.08. The molecule has 2 aromatic rings. The van der Waals surface area contributed by atoms with Gasteiger partial charge in [0.25, 0.3) is 5.56 Å². The molecule has 1 aromatic heterocycles. The molecule has 132 valence electrons. The standard InChI is InChI=1S/C20H18N2O4/c1-3-10-22-14(2)12-18(24)19(20(22)25)17(23)8-7-15-5-4-6-16(13-15)26-11-9-21/h3-8,12-13,24H,1,10-11H2,2H3/b8-7+. The van der Waals surface area contributed by atoms with Gasteiger partial charge >= 0.3 is 0 Å². The van der Waals surface area contributed by atoms with Crippen LogP contribution in [0.15, 0.2) is 53.9 Å². The van der Waals surface area contributed by atoms with Crippen LogP contribution < -0.4 is 10.3 Å². The number of nitriles is 1. The van der Waals surface area contributed by atoms with Crippen molar-refractivity contribution < 1.29 is 14.6 Å². The summed E-state index contributed by atoms with van der Waals surface area (Å²) < 4.78 is 6.56. The van der Waals surface area contributed by atoms with Gasteiger partial charge in [0, 0.05) is 18.3 Å². The first-order chi connectivity index (χ1) is 12.5. The predicted molar refractivity (Wildman–Crippen MR) is 98.2 cm³/mol. The number of aryl methyl sites for hydroxylation is 1. The lowest BCUT2D eigenvalue weighted by atomic mass is 10.1. The van der Waals surface area contributed by atoms with Crippen molar-refractivity contribution in [2.24, 2.45) is 0 Å². The maximum absolute atomic E-state index is 12.5. The van der Waals surface area contributed by atoms with Gasteiger partial charge in [-0.1, -0.05) is 24.3 Å². The molecule has 1 heterocycles. The Morgan fingerprint density at radius 3 is 2.88 bits per heavy atom. The van der Waals surface area contributed by atoms with Crippen molar-refractivity contribution >= 4 is 11.9 Å². The van der Waals surface area contributed by atoms with Gasteiger partial charge < -0.3 is 14.4 Å². The summed E-state index contributed by atoms with van der Waals surface area (Å²) in [6.45, 7) is 5.42. The highest BCUT2D eigenvalue weighted by Gasteiger charge is 2.17. The second-order valence-electron chi connectivity index (χ2n) is 5.47. The number of carbonyl (C=O) groups is 1. The van der Waals surface area contributed by atoms with Gasteiger partial charge in [-0.25, -0.2) is 0 Å². The van der Waals surface area contributed by atoms with Crippen LogP contribution in [0.5, 0.6) is 11.5 Å². The summed E-state index contributed by atoms with van der Waals surface area (Å²) >= 11 is 0. The molecule has 0 amide bonds. The van der Waals surface area contributed by atoms with E-state index in [0.717, 1.165) is 0 Å². The number of benzene rings is 1. The Hall–Kier alpha value is -3.59. The highest BCUT2D eigenvalue weighted by Crippen LogP contribution is 2.18. The number of nitrogens with zero attached hydrogens (tertiary/aromatic N) is 2. The zero-order chi connectivity index (χ0) is 19.1. The molecule has 0 bridgehead atoms. The third kappa shape index (κ3) is 4.28. The zero-order valence-electron chi connectivity index (χ0n) is 14.3. The molecule has 0 fully saturated rings. The van der Waals surface area contributed by atoms with E-state index in [1.165, 1.54) is 22.8 Å². The normalized spacial score (nSPS) is 10.5. The largest absolute Gasteiger partial charge is 0.507 e. The molecular weight excluding hydrogens is 332 g/mol. The molecule has 0 aliphatic carbocycles. The molecule has 0 unspecified atom stereocenters. The van der Waals surface area contributed by atoms with Gasteiger partial charge in [0.1, 0.15) is 23.1 Å². The van der Waals surface area contributed by atoms with Crippen molar-refractivity contribution in [1.29, 1.82) is 5.26 Å². The molecule has 6 nitrogen and oxygen atoms in total. The molecule has 1 aromatic carbocycles. The van der Waals surface area contributed by atoms with Crippen LogP contribution in [0.25, 0.3) is 6.08 Å². The lowest BCUT2D eigenvalue weighted by Crippen LogP contribution is -2.27. The Bertz CT molecular complexity index is 965. The molecule has 6 heteroatoms. The van der Waals surface area contributed by atoms with Crippen molar-refractivity contribution in [3.8, 4) is 17.6 Å². The first-order valence-electron chi connectivity index (χ1n) is 7.84. The van der Waals surface area contributed by atoms with Crippen LogP contribution in [0.4, 0.5) is 0 Å². The minimum Gasteiger partial charge on any atom is -0.507 e. The number of hydrogen-bond donors (Lipinski definition) is 1. The molecule has 0 saturated carbocycles. The summed E-state index contributed by atoms with van der Waals surface area (Å²) in [5.41, 5.74) is 0.343. The minimum atomic E-state index is -0.603. The van der Waals surface area contributed by atoms with Crippen LogP contribution in [-0.4, -0.2) is 22.1 Å². The number of carbonyl (C=O) groups excluding carboxylic acids is 1. The summed E-state index contributed by atoms with van der Waals surface area (Å²) in [6.07, 6.45) is 4.27. The third-order valence-corrected chi connectivity index (χ3v) is 3.63. The quantitative estimate of drug-likeness (QED) is 0.471. The van der Waals surface area contributed by atoms with E-state index < -0.39 is 11.3 Å². The summed E-state index contributed by atoms with van der Waals surface area (Å²) in [6, 6.07) is 10.1. The number of aromatic nitrogens is 1. The van der Waals surface area contributed by atoms with E-state index >= 15 is 0 Å². The van der Waals surface area contributed by atoms with Crippen LogP contribution >= 0.6 is 0 Å². The zero-order valence-corrected chi connectivity index (χ0v) is 14.3. The topological polar surface area (TPSA) is 92.3 Å². The average Bonchev–Trinajstić information content (AvgIpc) is 2.62. The van der Waals surface area contributed by atoms with Crippen molar-refractivity contribution in [2.75, 3.05) is 6.61 Å². The number of ether oxygens (including phenoxy) is 1. The monoisotopic (exact) mass is 350 g/mol. The summed E-state index contributed by atoms with van der Waals surface area (Å²) in [4.78, 5) is 24.9. The molecule has 0 spiro atoms. The van der Waals surface area contributed by atoms with Crippen molar-refractivity contribution in [2.45, 2.75) is 13.5 Å². The summed E-state index contributed by atoms with van der Waals surface area (Å²) in [5, 5.41) is 18.6. The molecule has 26 heavy (non-hydrogen) atoms. The third-order valence-electron chi connectivity index (χ3n) is 3.63. The molecule has 0 saturated heterocycles. The van der Waals surface area contributed by atoms with Crippen LogP contribution in [0, 0.1) is 18.3 Å². The second kappa shape index (κ2) is 8.49. The van der Waals surface area contributed by atoms with Gasteiger partial charge in [-0.2, -0.15) is 5.26 Å². The van der Waals surface area contributed by atoms with E-state index in [9.17, 15) is 14.7 Å². The fourth-order valence-electron chi connectivity index (χ4n) is 2.42. The first-order valence-corrected chi connectivity index (χ1v) is 7.84. The maximum Gasteiger partial charge on any atom is 0.266 e. The molecule has 1 N–H and O–H groups in total. The SMILES string of the molecule is C=CCn1c(C)cc(O)c(C(=O)/C=C/c2cccc(OCC#N)c2)c1=O. The van der Waals surface area contributed by atoms with Crippen molar-refractivity contribution in [1.82, 2.24) is 4.57 Å². The molecule has 2 rings (SSSR count). The Morgan fingerprint density at radius 1 is 1.42 bits per heavy atom. The van der Waals surface area contributed by atoms with Gasteiger partial charge in [-0.3, -0.25) is 9.59 Å². The van der Waals surface area contributed by atoms with Gasteiger partial charge in [0.15, 0.2) is 12.4 Å². The van der Waals surface area contributed by atoms with Gasteiger partial charge in [0.2, 0.25) is 0 Å². The number of ketones is 1. The summed E-state index contributed by atoms with van der Waals surface area (Å²) in [5.74, 6) is -0.463. The van der Waals surface area contributed by atoms with Crippen molar-refractivity contribution in [3.05, 3.63) is 76.2 Å². The average molecular weight is 350 g/mol. The van der Waals surface area contributed by atoms with Crippen LogP contribution in [-0.2, 0) is 6.54 Å². The molecule has 0 radical (unpaired) electrons. The molecule has 0 atom stereocenters. The minimum absolute atomic E-state index is 0.0772. The van der Waals surface area contributed by atoms with Gasteiger partial charge in [-0.15, -0.1) is 6.58 Å². The van der Waals surface area contributed by atoms with Gasteiger partial charge in [0.05, 0.1) is 0 Å². The number of pyridine rings is 1. The van der Waals surface area contributed by atoms with E-state index in [2.05, 4.69) is 6.58 Å². The van der Waals surface area contributed by atoms with E-state index in [4.69, 9.17) is 10.00 Å². The fraction of sp³-hybridized carbons (Fsp3) is 0.150. The molecular formula is C20H18N2O4. The number of hydrogen-bond acceptors (Lipinski definition) is 5. The molecule has 0 aliphatic rings. The van der Waals surface area contributed by atoms with Crippen LogP contribution in [0.1, 0.15) is 21.6 Å². The van der Waals surface area contributed by atoms with E-state index in [-0.39, 0.29) is 24.5 Å². The highest BCUT2D eigenvalue weighted by atomic mass is 16.5. The Kier molecular flexibility index (Phi) is 6.12. The Balaban J connectivity index is 2.32. The smallest absolute Gasteiger partial charge is 0.266 e. The predicted octanol–water partition coefficient (Wildman–Crippen LogP) is 2.85. The maximum atomic E-state index is 12.5. The van der Waals surface area contributed by atoms with E-state index in [1.807, 2.05) is 6.07 Å².